The van der Waals surface area contributed by atoms with Crippen LogP contribution < -0.4 is 15.2 Å². The molecule has 182 valence electrons. The molecule has 0 spiro atoms. The van der Waals surface area contributed by atoms with E-state index in [1.54, 1.807) is 11.0 Å². The van der Waals surface area contributed by atoms with Crippen LogP contribution in [0.5, 0.6) is 5.75 Å². The Morgan fingerprint density at radius 1 is 1.09 bits per heavy atom. The van der Waals surface area contributed by atoms with Crippen molar-refractivity contribution in [2.24, 2.45) is 0 Å². The predicted octanol–water partition coefficient (Wildman–Crippen LogP) is 4.19. The number of nitrogens with zero attached hydrogens (tertiary/aromatic N) is 4. The van der Waals surface area contributed by atoms with Gasteiger partial charge in [0.1, 0.15) is 25.0 Å². The van der Waals surface area contributed by atoms with E-state index in [2.05, 4.69) is 25.4 Å². The molecule has 2 heterocycles. The van der Waals surface area contributed by atoms with Crippen molar-refractivity contribution in [3.63, 3.8) is 0 Å². The fourth-order valence-electron chi connectivity index (χ4n) is 4.65. The topological polar surface area (TPSA) is 117 Å². The van der Waals surface area contributed by atoms with E-state index < -0.39 is 10.0 Å². The van der Waals surface area contributed by atoms with Crippen LogP contribution in [0.25, 0.3) is 22.2 Å². The van der Waals surface area contributed by atoms with Crippen molar-refractivity contribution in [1.29, 1.82) is 0 Å². The van der Waals surface area contributed by atoms with Gasteiger partial charge in [0, 0.05) is 22.7 Å². The van der Waals surface area contributed by atoms with Gasteiger partial charge >= 0.3 is 0 Å². The number of hydrogen-bond donors (Lipinski definition) is 2. The lowest BCUT2D eigenvalue weighted by atomic mass is 9.92. The van der Waals surface area contributed by atoms with Crippen LogP contribution in [0.1, 0.15) is 38.1 Å². The highest BCUT2D eigenvalue weighted by Crippen LogP contribution is 2.45. The van der Waals surface area contributed by atoms with Crippen molar-refractivity contribution in [3.8, 4) is 17.0 Å². The van der Waals surface area contributed by atoms with E-state index in [9.17, 15) is 8.42 Å². The van der Waals surface area contributed by atoms with E-state index >= 15 is 0 Å². The number of aromatic nitrogens is 4. The van der Waals surface area contributed by atoms with Gasteiger partial charge in [0.25, 0.3) is 0 Å². The molecule has 2 aliphatic rings. The van der Waals surface area contributed by atoms with Gasteiger partial charge in [-0.05, 0) is 62.4 Å². The van der Waals surface area contributed by atoms with Gasteiger partial charge in [-0.25, -0.2) is 18.1 Å². The average Bonchev–Trinajstić information content (AvgIpc) is 3.50. The zero-order chi connectivity index (χ0) is 24.0. The highest BCUT2D eigenvalue weighted by atomic mass is 32.2. The Bertz CT molecular complexity index is 1450. The molecule has 2 saturated carbocycles. The number of nitrogens with two attached hydrogens (primary N) is 1. The van der Waals surface area contributed by atoms with Gasteiger partial charge in [-0.1, -0.05) is 12.1 Å². The summed E-state index contributed by atoms with van der Waals surface area (Å²) in [7, 11) is -3.29. The van der Waals surface area contributed by atoms with Crippen LogP contribution in [-0.4, -0.2) is 39.6 Å². The average molecular weight is 493 g/mol. The normalized spacial score (nSPS) is 16.3. The molecule has 0 saturated heterocycles. The van der Waals surface area contributed by atoms with E-state index in [0.717, 1.165) is 53.6 Å². The Balaban J connectivity index is 1.31. The van der Waals surface area contributed by atoms with Gasteiger partial charge < -0.3 is 15.0 Å². The number of nitrogen functional groups attached to an aromatic ring is 1. The van der Waals surface area contributed by atoms with Crippen LogP contribution in [0.3, 0.4) is 0 Å². The van der Waals surface area contributed by atoms with Crippen molar-refractivity contribution in [2.75, 3.05) is 17.1 Å². The lowest BCUT2D eigenvalue weighted by molar-refractivity contribution is 0.291. The molecule has 35 heavy (non-hydrogen) atoms. The quantitative estimate of drug-likeness (QED) is 0.362. The molecule has 2 aromatic carbocycles. The van der Waals surface area contributed by atoms with Crippen LogP contribution in [0.2, 0.25) is 0 Å². The van der Waals surface area contributed by atoms with Crippen molar-refractivity contribution in [3.05, 3.63) is 55.1 Å². The number of fused-ring (bicyclic) bond motifs is 1. The van der Waals surface area contributed by atoms with E-state index in [-0.39, 0.29) is 5.25 Å². The molecule has 2 fully saturated rings. The minimum Gasteiger partial charge on any atom is -0.492 e. The lowest BCUT2D eigenvalue weighted by Crippen LogP contribution is -2.18. The third-order valence-electron chi connectivity index (χ3n) is 6.89. The number of nitrogens with one attached hydrogen (secondary N) is 1. The molecule has 2 aromatic heterocycles. The van der Waals surface area contributed by atoms with Crippen LogP contribution in [-0.2, 0) is 16.6 Å². The van der Waals surface area contributed by atoms with Crippen LogP contribution in [0.4, 0.5) is 11.4 Å². The fraction of sp³-hybridized carbons (Fsp3) is 0.360. The molecule has 0 atom stereocenters. The zero-order valence-electron chi connectivity index (χ0n) is 19.3. The van der Waals surface area contributed by atoms with E-state index in [0.29, 0.717) is 30.6 Å². The number of rotatable bonds is 9. The number of anilines is 2. The maximum atomic E-state index is 12.3. The second-order valence-corrected chi connectivity index (χ2v) is 11.3. The summed E-state index contributed by atoms with van der Waals surface area (Å²) < 4.78 is 37.3. The second-order valence-electron chi connectivity index (χ2n) is 9.33. The molecular weight excluding hydrogens is 464 g/mol. The Labute approximate surface area is 204 Å². The molecule has 0 radical (unpaired) electrons. The molecule has 4 aromatic rings. The molecular formula is C25H28N6O3S. The van der Waals surface area contributed by atoms with Crippen molar-refractivity contribution < 1.29 is 13.2 Å². The van der Waals surface area contributed by atoms with Crippen molar-refractivity contribution in [1.82, 2.24) is 19.3 Å². The summed E-state index contributed by atoms with van der Waals surface area (Å²) in [6, 6.07) is 14.0. The minimum atomic E-state index is -3.29. The third kappa shape index (κ3) is 4.22. The van der Waals surface area contributed by atoms with Crippen LogP contribution >= 0.6 is 0 Å². The van der Waals surface area contributed by atoms with Gasteiger partial charge in [-0.3, -0.25) is 4.72 Å². The standard InChI is InChI=1S/C25H28N6O3S/c26-24-22-14-20(34-13-12-30-16-27-15-28-30)8-11-23(22)31(19-2-1-3-19)25(24)17-4-6-18(7-5-17)29-35(32,33)21-9-10-21/h4-8,11,14-16,19,21,29H,1-3,9-10,12-13,26H2. The summed E-state index contributed by atoms with van der Waals surface area (Å²) in [5.74, 6) is 0.756. The number of hydrogen-bond acceptors (Lipinski definition) is 6. The van der Waals surface area contributed by atoms with E-state index in [4.69, 9.17) is 10.5 Å². The van der Waals surface area contributed by atoms with Gasteiger partial charge in [-0.2, -0.15) is 5.10 Å². The molecule has 10 heteroatoms. The summed E-state index contributed by atoms with van der Waals surface area (Å²) in [6.45, 7) is 1.09. The largest absolute Gasteiger partial charge is 0.492 e. The maximum absolute atomic E-state index is 12.3. The number of ether oxygens (including phenoxy) is 1. The molecule has 0 aliphatic heterocycles. The van der Waals surface area contributed by atoms with Gasteiger partial charge in [-0.15, -0.1) is 0 Å². The Hall–Kier alpha value is -3.53. The first-order valence-electron chi connectivity index (χ1n) is 12.0. The fourth-order valence-corrected chi connectivity index (χ4v) is 6.04. The zero-order valence-corrected chi connectivity index (χ0v) is 20.1. The summed E-state index contributed by atoms with van der Waals surface area (Å²) >= 11 is 0. The summed E-state index contributed by atoms with van der Waals surface area (Å²) in [4.78, 5) is 3.95. The van der Waals surface area contributed by atoms with Crippen molar-refractivity contribution >= 4 is 32.3 Å². The summed E-state index contributed by atoms with van der Waals surface area (Å²) in [6.07, 6.45) is 8.07. The molecule has 2 aliphatic carbocycles. The maximum Gasteiger partial charge on any atom is 0.235 e. The first-order chi connectivity index (χ1) is 17.0. The molecule has 9 nitrogen and oxygen atoms in total. The SMILES string of the molecule is Nc1c(-c2ccc(NS(=O)(=O)C3CC3)cc2)n(C2CCC2)c2ccc(OCCn3cncn3)cc12. The molecule has 0 bridgehead atoms. The lowest BCUT2D eigenvalue weighted by Gasteiger charge is -2.30. The van der Waals surface area contributed by atoms with Gasteiger partial charge in [0.2, 0.25) is 10.0 Å². The summed E-state index contributed by atoms with van der Waals surface area (Å²) in [5, 5.41) is 4.80. The predicted molar refractivity (Wildman–Crippen MR) is 136 cm³/mol. The second kappa shape index (κ2) is 8.60. The Morgan fingerprint density at radius 3 is 2.54 bits per heavy atom. The molecule has 3 N–H and O–H groups in total. The van der Waals surface area contributed by atoms with Crippen molar-refractivity contribution in [2.45, 2.75) is 49.9 Å². The van der Waals surface area contributed by atoms with Gasteiger partial charge in [0.15, 0.2) is 0 Å². The smallest absolute Gasteiger partial charge is 0.235 e. The van der Waals surface area contributed by atoms with Crippen LogP contribution in [0, 0.1) is 0 Å². The highest BCUT2D eigenvalue weighted by molar-refractivity contribution is 7.93. The van der Waals surface area contributed by atoms with Gasteiger partial charge in [0.05, 0.1) is 28.7 Å². The van der Waals surface area contributed by atoms with E-state index in [1.807, 2.05) is 36.4 Å². The molecule has 0 unspecified atom stereocenters. The highest BCUT2D eigenvalue weighted by Gasteiger charge is 2.35. The van der Waals surface area contributed by atoms with E-state index in [1.165, 1.54) is 12.7 Å². The molecule has 0 amide bonds. The van der Waals surface area contributed by atoms with Crippen LogP contribution in [0.15, 0.2) is 55.1 Å². The molecule has 6 rings (SSSR count). The Morgan fingerprint density at radius 2 is 1.89 bits per heavy atom. The number of sulfonamides is 1. The monoisotopic (exact) mass is 492 g/mol. The first kappa shape index (κ1) is 22.0. The number of benzene rings is 2. The Kier molecular flexibility index (Phi) is 5.40. The third-order valence-corrected chi connectivity index (χ3v) is 8.76. The summed E-state index contributed by atoms with van der Waals surface area (Å²) in [5.41, 5.74) is 11.1. The first-order valence-corrected chi connectivity index (χ1v) is 13.5. The minimum absolute atomic E-state index is 0.258.